The Labute approximate surface area is 181 Å². The van der Waals surface area contributed by atoms with Crippen molar-refractivity contribution in [3.8, 4) is 5.75 Å². The van der Waals surface area contributed by atoms with Crippen LogP contribution < -0.4 is 4.74 Å². The summed E-state index contributed by atoms with van der Waals surface area (Å²) in [6, 6.07) is 19.4. The molecule has 0 bridgehead atoms. The highest BCUT2D eigenvalue weighted by molar-refractivity contribution is 6.29. The Morgan fingerprint density at radius 1 is 0.774 bits per heavy atom. The normalized spacial score (nSPS) is 13.5. The van der Waals surface area contributed by atoms with Gasteiger partial charge in [-0.3, -0.25) is 14.4 Å². The number of hydrogen-bond donors (Lipinski definition) is 0. The molecule has 0 aromatic heterocycles. The third kappa shape index (κ3) is 3.93. The van der Waals surface area contributed by atoms with Gasteiger partial charge in [-0.15, -0.1) is 0 Å². The van der Waals surface area contributed by atoms with E-state index in [1.54, 1.807) is 49.4 Å². The van der Waals surface area contributed by atoms with Crippen LogP contribution in [0.1, 0.15) is 69.7 Å². The second-order valence-corrected chi connectivity index (χ2v) is 8.36. The molecule has 3 aromatic carbocycles. The van der Waals surface area contributed by atoms with E-state index in [2.05, 4.69) is 13.8 Å². The minimum absolute atomic E-state index is 0.124. The minimum Gasteiger partial charge on any atom is -0.425 e. The molecule has 156 valence electrons. The van der Waals surface area contributed by atoms with E-state index in [0.29, 0.717) is 17.0 Å². The third-order valence-corrected chi connectivity index (χ3v) is 5.60. The molecular weight excluding hydrogens is 388 g/mol. The molecule has 4 nitrogen and oxygen atoms in total. The first kappa shape index (κ1) is 20.7. The summed E-state index contributed by atoms with van der Waals surface area (Å²) in [5, 5.41) is 0. The average molecular weight is 412 g/mol. The van der Waals surface area contributed by atoms with E-state index < -0.39 is 11.9 Å². The quantitative estimate of drug-likeness (QED) is 0.327. The van der Waals surface area contributed by atoms with Gasteiger partial charge < -0.3 is 4.74 Å². The van der Waals surface area contributed by atoms with Crippen LogP contribution in [0.15, 0.2) is 66.7 Å². The van der Waals surface area contributed by atoms with Gasteiger partial charge in [0, 0.05) is 16.7 Å². The number of benzene rings is 3. The van der Waals surface area contributed by atoms with Crippen molar-refractivity contribution in [3.05, 3.63) is 100 Å². The summed E-state index contributed by atoms with van der Waals surface area (Å²) in [5.74, 6) is -0.840. The fraction of sp³-hybridized carbons (Fsp3) is 0.222. The zero-order valence-corrected chi connectivity index (χ0v) is 17.8. The molecule has 1 aliphatic carbocycles. The van der Waals surface area contributed by atoms with Crippen molar-refractivity contribution in [2.45, 2.75) is 33.1 Å². The first-order chi connectivity index (χ1) is 14.9. The lowest BCUT2D eigenvalue weighted by Crippen LogP contribution is -2.24. The Hall–Kier alpha value is -3.53. The number of carbonyl (C=O) groups is 3. The molecule has 0 saturated heterocycles. The lowest BCUT2D eigenvalue weighted by Gasteiger charge is -2.20. The van der Waals surface area contributed by atoms with Gasteiger partial charge in [-0.25, -0.2) is 0 Å². The Kier molecular flexibility index (Phi) is 5.55. The first-order valence-corrected chi connectivity index (χ1v) is 10.5. The number of ketones is 2. The number of esters is 1. The second kappa shape index (κ2) is 8.31. The van der Waals surface area contributed by atoms with Crippen LogP contribution in [0.3, 0.4) is 0 Å². The van der Waals surface area contributed by atoms with Crippen molar-refractivity contribution in [3.63, 3.8) is 0 Å². The molecule has 4 rings (SSSR count). The van der Waals surface area contributed by atoms with Crippen LogP contribution >= 0.6 is 0 Å². The molecule has 0 radical (unpaired) electrons. The lowest BCUT2D eigenvalue weighted by molar-refractivity contribution is -0.135. The van der Waals surface area contributed by atoms with Gasteiger partial charge in [0.2, 0.25) is 0 Å². The van der Waals surface area contributed by atoms with E-state index in [1.807, 2.05) is 24.3 Å². The maximum absolute atomic E-state index is 13.1. The maximum Gasteiger partial charge on any atom is 0.318 e. The second-order valence-electron chi connectivity index (χ2n) is 8.36. The highest BCUT2D eigenvalue weighted by Gasteiger charge is 2.33. The number of ether oxygens (including phenoxy) is 1. The van der Waals surface area contributed by atoms with E-state index >= 15 is 0 Å². The van der Waals surface area contributed by atoms with Crippen LogP contribution in [0, 0.1) is 5.92 Å². The molecule has 1 aliphatic rings. The largest absolute Gasteiger partial charge is 0.425 e. The number of carbonyl (C=O) groups excluding carboxylic acids is 3. The third-order valence-electron chi connectivity index (χ3n) is 5.60. The van der Waals surface area contributed by atoms with Crippen LogP contribution in [0.4, 0.5) is 0 Å². The molecule has 0 spiro atoms. The molecule has 0 N–H and O–H groups in total. The molecule has 0 fully saturated rings. The van der Waals surface area contributed by atoms with Gasteiger partial charge in [-0.2, -0.15) is 0 Å². The fourth-order valence-corrected chi connectivity index (χ4v) is 3.95. The summed E-state index contributed by atoms with van der Waals surface area (Å²) in [7, 11) is 0. The highest BCUT2D eigenvalue weighted by atomic mass is 16.5. The van der Waals surface area contributed by atoms with Gasteiger partial charge in [-0.1, -0.05) is 74.5 Å². The van der Waals surface area contributed by atoms with Gasteiger partial charge in [0.25, 0.3) is 0 Å². The first-order valence-electron chi connectivity index (χ1n) is 10.5. The predicted molar refractivity (Wildman–Crippen MR) is 119 cm³/mol. The van der Waals surface area contributed by atoms with Crippen molar-refractivity contribution in [2.75, 3.05) is 0 Å². The van der Waals surface area contributed by atoms with E-state index in [9.17, 15) is 14.4 Å². The molecule has 3 aromatic rings. The van der Waals surface area contributed by atoms with Crippen molar-refractivity contribution in [2.24, 2.45) is 5.92 Å². The molecule has 0 amide bonds. The summed E-state index contributed by atoms with van der Waals surface area (Å²) in [6.45, 7) is 6.11. The Balaban J connectivity index is 1.60. The van der Waals surface area contributed by atoms with Crippen LogP contribution in [0.2, 0.25) is 0 Å². The van der Waals surface area contributed by atoms with Crippen molar-refractivity contribution >= 4 is 17.5 Å². The van der Waals surface area contributed by atoms with E-state index in [-0.39, 0.29) is 28.4 Å². The lowest BCUT2D eigenvalue weighted by atomic mass is 9.83. The molecule has 4 heteroatoms. The van der Waals surface area contributed by atoms with Crippen LogP contribution in [0.5, 0.6) is 5.75 Å². The number of fused-ring (bicyclic) bond motifs is 2. The minimum atomic E-state index is -0.509. The van der Waals surface area contributed by atoms with E-state index in [1.165, 1.54) is 5.56 Å². The van der Waals surface area contributed by atoms with Crippen LogP contribution in [-0.2, 0) is 11.2 Å². The molecule has 0 heterocycles. The molecule has 0 aliphatic heterocycles. The fourth-order valence-electron chi connectivity index (χ4n) is 3.95. The van der Waals surface area contributed by atoms with Gasteiger partial charge in [-0.05, 0) is 36.5 Å². The summed E-state index contributed by atoms with van der Waals surface area (Å²) in [4.78, 5) is 38.8. The zero-order valence-electron chi connectivity index (χ0n) is 17.8. The molecule has 31 heavy (non-hydrogen) atoms. The van der Waals surface area contributed by atoms with Gasteiger partial charge in [0.05, 0.1) is 11.5 Å². The van der Waals surface area contributed by atoms with Gasteiger partial charge in [0.1, 0.15) is 5.75 Å². The van der Waals surface area contributed by atoms with E-state index in [4.69, 9.17) is 4.74 Å². The SMILES string of the molecule is CC(C)Cc1ccc(C(C)C(=O)Oc2cccc3c2C(=O)c2ccccc2C3=O)cc1. The Morgan fingerprint density at radius 3 is 2.03 bits per heavy atom. The maximum atomic E-state index is 13.1. The van der Waals surface area contributed by atoms with Crippen molar-refractivity contribution in [1.29, 1.82) is 0 Å². The molecule has 1 unspecified atom stereocenters. The predicted octanol–water partition coefficient (Wildman–Crippen LogP) is 5.37. The standard InChI is InChI=1S/C27H24O4/c1-16(2)15-18-11-13-19(14-12-18)17(3)27(30)31-23-10-6-9-22-24(23)26(29)21-8-5-4-7-20(21)25(22)28/h4-14,16-17H,15H2,1-3H3. The number of hydrogen-bond acceptors (Lipinski definition) is 4. The van der Waals surface area contributed by atoms with Crippen LogP contribution in [0.25, 0.3) is 0 Å². The number of rotatable bonds is 5. The van der Waals surface area contributed by atoms with Crippen molar-refractivity contribution < 1.29 is 19.1 Å². The Morgan fingerprint density at radius 2 is 1.39 bits per heavy atom. The van der Waals surface area contributed by atoms with Crippen molar-refractivity contribution in [1.82, 2.24) is 0 Å². The van der Waals surface area contributed by atoms with Gasteiger partial charge in [0.15, 0.2) is 11.6 Å². The summed E-state index contributed by atoms with van der Waals surface area (Å²) in [5.41, 5.74) is 3.18. The summed E-state index contributed by atoms with van der Waals surface area (Å²) < 4.78 is 5.65. The average Bonchev–Trinajstić information content (AvgIpc) is 2.77. The molecule has 0 saturated carbocycles. The molecular formula is C27H24O4. The Bertz CT molecular complexity index is 1170. The van der Waals surface area contributed by atoms with Crippen LogP contribution in [-0.4, -0.2) is 17.5 Å². The van der Waals surface area contributed by atoms with E-state index in [0.717, 1.165) is 12.0 Å². The summed E-state index contributed by atoms with van der Waals surface area (Å²) >= 11 is 0. The topological polar surface area (TPSA) is 60.4 Å². The highest BCUT2D eigenvalue weighted by Crippen LogP contribution is 2.34. The smallest absolute Gasteiger partial charge is 0.318 e. The monoisotopic (exact) mass is 412 g/mol. The molecule has 1 atom stereocenters. The zero-order chi connectivity index (χ0) is 22.1. The summed E-state index contributed by atoms with van der Waals surface area (Å²) in [6.07, 6.45) is 0.979. The van der Waals surface area contributed by atoms with Gasteiger partial charge >= 0.3 is 5.97 Å².